The van der Waals surface area contributed by atoms with Crippen LogP contribution in [0.25, 0.3) is 0 Å². The van der Waals surface area contributed by atoms with Crippen molar-refractivity contribution in [1.82, 2.24) is 4.90 Å². The van der Waals surface area contributed by atoms with Gasteiger partial charge in [0, 0.05) is 25.2 Å². The molecule has 2 heterocycles. The summed E-state index contributed by atoms with van der Waals surface area (Å²) in [5, 5.41) is 0. The summed E-state index contributed by atoms with van der Waals surface area (Å²) in [5.74, 6) is -0.000370. The maximum atomic E-state index is 11.9. The van der Waals surface area contributed by atoms with Gasteiger partial charge in [-0.15, -0.1) is 12.4 Å². The molecular formula is C10H14BrClN2O2. The van der Waals surface area contributed by atoms with E-state index in [1.54, 1.807) is 11.0 Å². The predicted octanol–water partition coefficient (Wildman–Crippen LogP) is 2.03. The maximum absolute atomic E-state index is 11.9. The van der Waals surface area contributed by atoms with Gasteiger partial charge in [-0.2, -0.15) is 0 Å². The van der Waals surface area contributed by atoms with Crippen molar-refractivity contribution in [2.45, 2.75) is 18.9 Å². The molecular weight excluding hydrogens is 295 g/mol. The van der Waals surface area contributed by atoms with Crippen molar-refractivity contribution in [3.05, 3.63) is 22.6 Å². The maximum Gasteiger partial charge on any atom is 0.257 e. The van der Waals surface area contributed by atoms with Crippen LogP contribution >= 0.6 is 28.3 Å². The van der Waals surface area contributed by atoms with Crippen LogP contribution in [0.3, 0.4) is 0 Å². The van der Waals surface area contributed by atoms with E-state index in [-0.39, 0.29) is 24.4 Å². The zero-order valence-corrected chi connectivity index (χ0v) is 11.1. The Kier molecular flexibility index (Phi) is 4.83. The number of carbonyl (C=O) groups is 1. The van der Waals surface area contributed by atoms with Crippen LogP contribution < -0.4 is 5.73 Å². The molecule has 90 valence electrons. The van der Waals surface area contributed by atoms with E-state index >= 15 is 0 Å². The lowest BCUT2D eigenvalue weighted by atomic mass is 10.1. The molecule has 4 nitrogen and oxygen atoms in total. The Morgan fingerprint density at radius 1 is 1.62 bits per heavy atom. The van der Waals surface area contributed by atoms with Crippen LogP contribution in [0.5, 0.6) is 0 Å². The number of furan rings is 1. The zero-order valence-electron chi connectivity index (χ0n) is 8.69. The molecule has 1 aliphatic heterocycles. The van der Waals surface area contributed by atoms with Crippen molar-refractivity contribution in [1.29, 1.82) is 0 Å². The van der Waals surface area contributed by atoms with Gasteiger partial charge < -0.3 is 15.1 Å². The van der Waals surface area contributed by atoms with E-state index in [9.17, 15) is 4.79 Å². The van der Waals surface area contributed by atoms with E-state index in [0.29, 0.717) is 16.8 Å². The van der Waals surface area contributed by atoms with E-state index in [1.807, 2.05) is 0 Å². The van der Waals surface area contributed by atoms with Crippen LogP contribution in [0, 0.1) is 0 Å². The number of hydrogen-bond donors (Lipinski definition) is 1. The van der Waals surface area contributed by atoms with Gasteiger partial charge in [0.1, 0.15) is 6.26 Å². The third-order valence-corrected chi connectivity index (χ3v) is 2.98. The lowest BCUT2D eigenvalue weighted by Crippen LogP contribution is -2.45. The Hall–Kier alpha value is -0.520. The van der Waals surface area contributed by atoms with Crippen LogP contribution in [-0.4, -0.2) is 29.9 Å². The number of amides is 1. The number of hydrogen-bond acceptors (Lipinski definition) is 3. The molecule has 0 bridgehead atoms. The molecule has 2 rings (SSSR count). The molecule has 0 radical (unpaired) electrons. The number of piperidine rings is 1. The van der Waals surface area contributed by atoms with Crippen molar-refractivity contribution in [3.8, 4) is 0 Å². The summed E-state index contributed by atoms with van der Waals surface area (Å²) in [7, 11) is 0. The summed E-state index contributed by atoms with van der Waals surface area (Å²) in [6, 6.07) is 1.79. The molecule has 2 N–H and O–H groups in total. The fourth-order valence-electron chi connectivity index (χ4n) is 1.80. The van der Waals surface area contributed by atoms with Gasteiger partial charge >= 0.3 is 0 Å². The van der Waals surface area contributed by atoms with Crippen LogP contribution in [0.2, 0.25) is 0 Å². The number of nitrogens with zero attached hydrogens (tertiary/aromatic N) is 1. The highest BCUT2D eigenvalue weighted by Gasteiger charge is 2.23. The minimum atomic E-state index is -0.000370. The summed E-state index contributed by atoms with van der Waals surface area (Å²) in [4.78, 5) is 13.7. The fraction of sp³-hybridized carbons (Fsp3) is 0.500. The normalized spacial score (nSPS) is 20.4. The van der Waals surface area contributed by atoms with E-state index in [2.05, 4.69) is 15.9 Å². The number of halogens is 2. The van der Waals surface area contributed by atoms with Crippen LogP contribution in [-0.2, 0) is 0 Å². The molecule has 1 atom stereocenters. The van der Waals surface area contributed by atoms with Crippen LogP contribution in [0.1, 0.15) is 23.2 Å². The Balaban J connectivity index is 0.00000128. The quantitative estimate of drug-likeness (QED) is 0.863. The molecule has 1 aromatic rings. The molecule has 0 spiro atoms. The van der Waals surface area contributed by atoms with Gasteiger partial charge in [0.05, 0.1) is 5.56 Å². The highest BCUT2D eigenvalue weighted by atomic mass is 79.9. The third kappa shape index (κ3) is 2.99. The summed E-state index contributed by atoms with van der Waals surface area (Å²) in [6.07, 6.45) is 3.44. The van der Waals surface area contributed by atoms with Crippen molar-refractivity contribution in [2.75, 3.05) is 13.1 Å². The molecule has 0 aromatic carbocycles. The topological polar surface area (TPSA) is 59.5 Å². The molecule has 6 heteroatoms. The van der Waals surface area contributed by atoms with Gasteiger partial charge in [-0.25, -0.2) is 0 Å². The minimum Gasteiger partial charge on any atom is -0.457 e. The first-order valence-corrected chi connectivity index (χ1v) is 5.75. The van der Waals surface area contributed by atoms with E-state index in [1.165, 1.54) is 6.26 Å². The molecule has 1 unspecified atom stereocenters. The second kappa shape index (κ2) is 5.70. The third-order valence-electron chi connectivity index (χ3n) is 2.56. The molecule has 0 saturated carbocycles. The molecule has 16 heavy (non-hydrogen) atoms. The Morgan fingerprint density at radius 3 is 2.94 bits per heavy atom. The molecule has 1 amide bonds. The second-order valence-corrected chi connectivity index (χ2v) is 4.57. The Labute approximate surface area is 109 Å². The minimum absolute atomic E-state index is 0. The molecule has 1 aliphatic rings. The van der Waals surface area contributed by atoms with Gasteiger partial charge in [-0.1, -0.05) is 0 Å². The largest absolute Gasteiger partial charge is 0.457 e. The number of carbonyl (C=O) groups excluding carboxylic acids is 1. The lowest BCUT2D eigenvalue weighted by Gasteiger charge is -2.30. The van der Waals surface area contributed by atoms with Gasteiger partial charge in [-0.05, 0) is 28.8 Å². The Morgan fingerprint density at radius 2 is 2.38 bits per heavy atom. The Bertz CT molecular complexity index is 369. The predicted molar refractivity (Wildman–Crippen MR) is 66.8 cm³/mol. The lowest BCUT2D eigenvalue weighted by molar-refractivity contribution is 0.0708. The van der Waals surface area contributed by atoms with Crippen molar-refractivity contribution in [3.63, 3.8) is 0 Å². The van der Waals surface area contributed by atoms with Gasteiger partial charge in [0.15, 0.2) is 4.67 Å². The standard InChI is InChI=1S/C10H13BrN2O2.ClH/c11-9-4-7(6-15-9)10(14)13-3-1-2-8(12)5-13;/h4,6,8H,1-3,5,12H2;1H. The average molecular weight is 310 g/mol. The second-order valence-electron chi connectivity index (χ2n) is 3.79. The molecule has 1 aromatic heterocycles. The summed E-state index contributed by atoms with van der Waals surface area (Å²) in [6.45, 7) is 1.43. The van der Waals surface area contributed by atoms with Gasteiger partial charge in [0.25, 0.3) is 5.91 Å². The SMILES string of the molecule is Cl.NC1CCCN(C(=O)c2coc(Br)c2)C1. The number of nitrogens with two attached hydrogens (primary N) is 1. The first kappa shape index (κ1) is 13.5. The summed E-state index contributed by atoms with van der Waals surface area (Å²) < 4.78 is 5.62. The fourth-order valence-corrected chi connectivity index (χ4v) is 2.14. The van der Waals surface area contributed by atoms with Gasteiger partial charge in [-0.3, -0.25) is 4.79 Å². The molecule has 1 saturated heterocycles. The molecule has 0 aliphatic carbocycles. The first-order chi connectivity index (χ1) is 7.16. The number of rotatable bonds is 1. The van der Waals surface area contributed by atoms with E-state index in [0.717, 1.165) is 19.4 Å². The smallest absolute Gasteiger partial charge is 0.257 e. The zero-order chi connectivity index (χ0) is 10.8. The van der Waals surface area contributed by atoms with E-state index < -0.39 is 0 Å². The number of likely N-dealkylation sites (tertiary alicyclic amines) is 1. The summed E-state index contributed by atoms with van der Waals surface area (Å²) >= 11 is 3.17. The highest BCUT2D eigenvalue weighted by Crippen LogP contribution is 2.17. The molecule has 1 fully saturated rings. The van der Waals surface area contributed by atoms with Crippen LogP contribution in [0.4, 0.5) is 0 Å². The summed E-state index contributed by atoms with van der Waals surface area (Å²) in [5.41, 5.74) is 6.40. The van der Waals surface area contributed by atoms with Crippen molar-refractivity contribution in [2.24, 2.45) is 5.73 Å². The van der Waals surface area contributed by atoms with Crippen LogP contribution in [0.15, 0.2) is 21.4 Å². The first-order valence-electron chi connectivity index (χ1n) is 4.95. The highest BCUT2D eigenvalue weighted by molar-refractivity contribution is 9.10. The van der Waals surface area contributed by atoms with Gasteiger partial charge in [0.2, 0.25) is 0 Å². The monoisotopic (exact) mass is 308 g/mol. The van der Waals surface area contributed by atoms with Crippen molar-refractivity contribution < 1.29 is 9.21 Å². The van der Waals surface area contributed by atoms with Crippen molar-refractivity contribution >= 4 is 34.2 Å². The van der Waals surface area contributed by atoms with E-state index in [4.69, 9.17) is 10.2 Å². The average Bonchev–Trinajstić information content (AvgIpc) is 2.64.